The second-order valence-corrected chi connectivity index (χ2v) is 28.7. The van der Waals surface area contributed by atoms with E-state index in [9.17, 15) is 35.1 Å². The lowest BCUT2D eigenvalue weighted by Crippen LogP contribution is -3.00. The van der Waals surface area contributed by atoms with Gasteiger partial charge in [0.15, 0.2) is 12.6 Å². The number of esters is 1. The SMILES string of the molecule is CC[C@H]1OC(=O)[C@H](C)[C@@H](O[C@H]2C[C@@](C)(OC)[C@@H](O)[C@H](C)O2)[C@H](C)[C@@H](O[C@@H]2O[C@H](C)C[C@H](N(C)C)[C@H]2O)[C@](C)(O)C[C@@H](C)CN(C(=O)CCCCCCCCCCC[P+](C)(c2ccccc2)c2ccccc2)[C@H](C)[C@@H](O)[C@]1(C)O.[Cl-]. The van der Waals surface area contributed by atoms with E-state index in [2.05, 4.69) is 67.3 Å². The van der Waals surface area contributed by atoms with Crippen molar-refractivity contribution in [2.45, 2.75) is 249 Å². The number of rotatable bonds is 21. The smallest absolute Gasteiger partial charge is 0.311 e. The van der Waals surface area contributed by atoms with E-state index in [0.717, 1.165) is 25.7 Å². The molecule has 3 aliphatic heterocycles. The van der Waals surface area contributed by atoms with Gasteiger partial charge in [-0.2, -0.15) is 0 Å². The second-order valence-electron chi connectivity index (χ2n) is 24.8. The Morgan fingerprint density at radius 3 is 1.86 bits per heavy atom. The Hall–Kier alpha value is -2.34. The molecule has 3 heterocycles. The van der Waals surface area contributed by atoms with E-state index in [1.54, 1.807) is 53.4 Å². The van der Waals surface area contributed by atoms with Crippen LogP contribution in [-0.2, 0) is 38.0 Å². The predicted octanol–water partition coefficient (Wildman–Crippen LogP) is 5.00. The van der Waals surface area contributed by atoms with Crippen molar-refractivity contribution in [1.29, 1.82) is 0 Å². The number of carbonyl (C=O) groups excluding carboxylic acids is 2. The van der Waals surface area contributed by atoms with Gasteiger partial charge in [-0.25, -0.2) is 0 Å². The van der Waals surface area contributed by atoms with Crippen molar-refractivity contribution in [3.63, 3.8) is 0 Å². The van der Waals surface area contributed by atoms with Gasteiger partial charge in [-0.15, -0.1) is 0 Å². The lowest BCUT2D eigenvalue weighted by Gasteiger charge is -2.48. The Morgan fingerprint density at radius 2 is 1.33 bits per heavy atom. The molecule has 5 rings (SSSR count). The van der Waals surface area contributed by atoms with E-state index in [0.29, 0.717) is 12.8 Å². The van der Waals surface area contributed by atoms with Gasteiger partial charge in [0.05, 0.1) is 78.3 Å². The molecule has 0 radical (unpaired) electrons. The molecule has 79 heavy (non-hydrogen) atoms. The summed E-state index contributed by atoms with van der Waals surface area (Å²) in [5.74, 6) is -3.24. The number of halogens is 1. The van der Waals surface area contributed by atoms with Gasteiger partial charge < -0.3 is 76.2 Å². The summed E-state index contributed by atoms with van der Waals surface area (Å²) >= 11 is 0. The van der Waals surface area contributed by atoms with E-state index >= 15 is 0 Å². The number of methoxy groups -OCH3 is 1. The average Bonchev–Trinajstić information content (AvgIpc) is 3.50. The van der Waals surface area contributed by atoms with Crippen molar-refractivity contribution in [2.75, 3.05) is 40.6 Å². The van der Waals surface area contributed by atoms with Crippen LogP contribution >= 0.6 is 7.26 Å². The molecule has 0 bridgehead atoms. The molecule has 0 aliphatic carbocycles. The summed E-state index contributed by atoms with van der Waals surface area (Å²) in [6.45, 7) is 19.9. The molecule has 3 aliphatic rings. The molecule has 452 valence electrons. The van der Waals surface area contributed by atoms with Crippen LogP contribution in [0.25, 0.3) is 0 Å². The molecule has 0 aromatic heterocycles. The number of cyclic esters (lactones) is 1. The first-order valence-electron chi connectivity index (χ1n) is 29.5. The molecule has 2 aromatic carbocycles. The normalized spacial score (nSPS) is 36.4. The Morgan fingerprint density at radius 1 is 0.785 bits per heavy atom. The lowest BCUT2D eigenvalue weighted by atomic mass is 9.77. The van der Waals surface area contributed by atoms with Crippen LogP contribution in [0, 0.1) is 17.8 Å². The van der Waals surface area contributed by atoms with Crippen LogP contribution in [0.2, 0.25) is 0 Å². The van der Waals surface area contributed by atoms with Gasteiger partial charge in [0.1, 0.15) is 30.0 Å². The van der Waals surface area contributed by atoms with Crippen molar-refractivity contribution < 1.29 is 75.9 Å². The number of nitrogens with zero attached hydrogens (tertiary/aromatic N) is 2. The fourth-order valence-electron chi connectivity index (χ4n) is 12.8. The Labute approximate surface area is 481 Å². The largest absolute Gasteiger partial charge is 1.00 e. The number of ether oxygens (including phenoxy) is 6. The topological polar surface area (TPSA) is 197 Å². The standard InChI is InChI=1S/C62H104N2O13P.ClH/c1-15-50-62(10,71)55(67)45(6)64(51(65)35-29-21-19-17-16-18-20-22-30-36-78(14,47-31-25-23-26-32-47)48-33-27-24-28-34-48)40-41(2)38-60(8,70)57(77-59-53(66)49(63(11)12)37-42(3)73-59)43(4)54(44(5)58(69)75-50)76-52-39-61(9,72-13)56(68)46(7)74-52;/h23-28,31-34,41-46,49-50,52-57,59,66-68,70-71H,15-22,29-30,35-40H2,1-14H3;1H/q+1;/p-1/t41-,42-,43+,44-,45-,46+,49+,50-,52+,53-,54+,55-,56+,57-,59+,60-,61-,62-;/m1./s1. The third-order valence-corrected chi connectivity index (χ3v) is 22.0. The molecular weight excluding hydrogens is 1050 g/mol. The number of aliphatic hydroxyl groups excluding tert-OH is 3. The lowest BCUT2D eigenvalue weighted by molar-refractivity contribution is -0.318. The molecule has 15 nitrogen and oxygen atoms in total. The van der Waals surface area contributed by atoms with Gasteiger partial charge >= 0.3 is 5.97 Å². The van der Waals surface area contributed by atoms with Crippen LogP contribution in [0.4, 0.5) is 0 Å². The fraction of sp³-hybridized carbons (Fsp3) is 0.774. The average molecular weight is 1150 g/mol. The molecule has 3 fully saturated rings. The van der Waals surface area contributed by atoms with Crippen LogP contribution < -0.4 is 23.0 Å². The van der Waals surface area contributed by atoms with Crippen molar-refractivity contribution in [3.05, 3.63) is 60.7 Å². The summed E-state index contributed by atoms with van der Waals surface area (Å²) in [6.07, 6.45) is 1.57. The number of amides is 1. The number of carbonyl (C=O) groups is 2. The first kappa shape index (κ1) is 69.2. The molecule has 0 spiro atoms. The predicted molar refractivity (Wildman–Crippen MR) is 309 cm³/mol. The van der Waals surface area contributed by atoms with Crippen molar-refractivity contribution in [3.8, 4) is 0 Å². The van der Waals surface area contributed by atoms with Crippen LogP contribution in [0.5, 0.6) is 0 Å². The number of aliphatic hydroxyl groups is 5. The molecule has 17 heteroatoms. The zero-order chi connectivity index (χ0) is 57.8. The van der Waals surface area contributed by atoms with Gasteiger partial charge in [-0.1, -0.05) is 95.7 Å². The first-order chi connectivity index (χ1) is 36.7. The molecule has 1 amide bonds. The maximum atomic E-state index is 14.6. The van der Waals surface area contributed by atoms with E-state index < -0.39 is 109 Å². The summed E-state index contributed by atoms with van der Waals surface area (Å²) in [5.41, 5.74) is -4.77. The molecular formula is C62H104ClN2O13P. The number of hydrogen-bond donors (Lipinski definition) is 5. The number of benzene rings is 2. The zero-order valence-electron chi connectivity index (χ0n) is 50.5. The first-order valence-corrected chi connectivity index (χ1v) is 31.9. The van der Waals surface area contributed by atoms with Crippen LogP contribution in [0.1, 0.15) is 159 Å². The van der Waals surface area contributed by atoms with Crippen LogP contribution in [0.3, 0.4) is 0 Å². The second kappa shape index (κ2) is 31.0. The van der Waals surface area contributed by atoms with Gasteiger partial charge in [0.25, 0.3) is 0 Å². The molecule has 0 saturated carbocycles. The Bertz CT molecular complexity index is 2070. The fourth-order valence-corrected chi connectivity index (χ4v) is 16.2. The highest BCUT2D eigenvalue weighted by Gasteiger charge is 2.53. The van der Waals surface area contributed by atoms with E-state index in [1.165, 1.54) is 56.5 Å². The Balaban J connectivity index is 0.0000134. The molecule has 18 atom stereocenters. The molecule has 0 unspecified atom stereocenters. The number of likely N-dealkylation sites (N-methyl/N-ethyl adjacent to an activating group) is 1. The van der Waals surface area contributed by atoms with E-state index in [-0.39, 0.29) is 62.7 Å². The Kier molecular flexibility index (Phi) is 27.1. The van der Waals surface area contributed by atoms with E-state index in [4.69, 9.17) is 28.4 Å². The maximum absolute atomic E-state index is 14.6. The maximum Gasteiger partial charge on any atom is 0.311 e. The highest BCUT2D eigenvalue weighted by atomic mass is 35.5. The van der Waals surface area contributed by atoms with Crippen LogP contribution in [-0.4, -0.2) is 178 Å². The summed E-state index contributed by atoms with van der Waals surface area (Å²) in [6, 6.07) is 20.7. The van der Waals surface area contributed by atoms with Gasteiger partial charge in [0.2, 0.25) is 5.91 Å². The minimum atomic E-state index is -2.00. The molecule has 2 aromatic rings. The molecule has 5 N–H and O–H groups in total. The third-order valence-electron chi connectivity index (χ3n) is 17.9. The number of hydrogen-bond acceptors (Lipinski definition) is 14. The van der Waals surface area contributed by atoms with Gasteiger partial charge in [0, 0.05) is 38.5 Å². The van der Waals surface area contributed by atoms with Crippen molar-refractivity contribution in [1.82, 2.24) is 9.80 Å². The number of unbranched alkanes of at least 4 members (excludes halogenated alkanes) is 8. The summed E-state index contributed by atoms with van der Waals surface area (Å²) in [7, 11) is 3.80. The highest BCUT2D eigenvalue weighted by Crippen LogP contribution is 2.53. The van der Waals surface area contributed by atoms with Gasteiger partial charge in [-0.3, -0.25) is 9.59 Å². The van der Waals surface area contributed by atoms with Crippen molar-refractivity contribution in [2.24, 2.45) is 17.8 Å². The van der Waals surface area contributed by atoms with Crippen LogP contribution in [0.15, 0.2) is 60.7 Å². The quantitative estimate of drug-likeness (QED) is 0.0637. The third kappa shape index (κ3) is 17.8. The van der Waals surface area contributed by atoms with Crippen molar-refractivity contribution >= 4 is 29.7 Å². The monoisotopic (exact) mass is 1150 g/mol. The summed E-state index contributed by atoms with van der Waals surface area (Å²) in [5, 5.41) is 63.3. The minimum Gasteiger partial charge on any atom is -1.00 e. The molecule has 3 saturated heterocycles. The summed E-state index contributed by atoms with van der Waals surface area (Å²) in [4.78, 5) is 32.7. The minimum absolute atomic E-state index is 0. The van der Waals surface area contributed by atoms with E-state index in [1.807, 2.05) is 32.8 Å². The zero-order valence-corrected chi connectivity index (χ0v) is 52.1. The summed E-state index contributed by atoms with van der Waals surface area (Å²) < 4.78 is 38.2. The highest BCUT2D eigenvalue weighted by molar-refractivity contribution is 7.88. The van der Waals surface area contributed by atoms with Gasteiger partial charge in [-0.05, 0) is 131 Å².